The first-order chi connectivity index (χ1) is 20.0. The monoisotopic (exact) mass is 602 g/mol. The van der Waals surface area contributed by atoms with Crippen LogP contribution in [0.3, 0.4) is 0 Å². The van der Waals surface area contributed by atoms with Gasteiger partial charge in [0.25, 0.3) is 0 Å². The summed E-state index contributed by atoms with van der Waals surface area (Å²) in [5.74, 6) is -1.59. The van der Waals surface area contributed by atoms with E-state index < -0.39 is 35.2 Å². The third-order valence-corrected chi connectivity index (χ3v) is 7.75. The van der Waals surface area contributed by atoms with Gasteiger partial charge in [-0.15, -0.1) is 0 Å². The van der Waals surface area contributed by atoms with Gasteiger partial charge in [-0.1, -0.05) is 108 Å². The molecule has 0 radical (unpaired) electrons. The molecule has 4 aromatic rings. The van der Waals surface area contributed by atoms with Gasteiger partial charge in [0.15, 0.2) is 11.2 Å². The molecule has 4 atom stereocenters. The van der Waals surface area contributed by atoms with E-state index in [1.165, 1.54) is 0 Å². The zero-order valence-corrected chi connectivity index (χ0v) is 24.8. The number of benzene rings is 4. The van der Waals surface area contributed by atoms with Crippen molar-refractivity contribution in [3.05, 3.63) is 154 Å². The van der Waals surface area contributed by atoms with Crippen LogP contribution in [-0.4, -0.2) is 11.9 Å². The Bertz CT molecular complexity index is 1450. The van der Waals surface area contributed by atoms with Crippen molar-refractivity contribution in [2.24, 2.45) is 11.5 Å². The van der Waals surface area contributed by atoms with E-state index in [1.54, 1.807) is 62.4 Å². The number of esters is 2. The Balaban J connectivity index is 1.59. The highest BCUT2D eigenvalue weighted by atomic mass is 35.5. The van der Waals surface area contributed by atoms with Crippen LogP contribution in [0, 0.1) is 0 Å². The fourth-order valence-electron chi connectivity index (χ4n) is 4.78. The van der Waals surface area contributed by atoms with E-state index in [2.05, 4.69) is 0 Å². The van der Waals surface area contributed by atoms with E-state index >= 15 is 0 Å². The summed E-state index contributed by atoms with van der Waals surface area (Å²) in [6, 6.07) is 30.9. The Morgan fingerprint density at radius 1 is 0.619 bits per heavy atom. The molecule has 4 unspecified atom stereocenters. The van der Waals surface area contributed by atoms with Crippen LogP contribution in [0.4, 0.5) is 0 Å². The van der Waals surface area contributed by atoms with Gasteiger partial charge in [0.2, 0.25) is 0 Å². The molecule has 0 heterocycles. The summed E-state index contributed by atoms with van der Waals surface area (Å²) in [5.41, 5.74) is 13.4. The van der Waals surface area contributed by atoms with Gasteiger partial charge in [0, 0.05) is 22.2 Å². The summed E-state index contributed by atoms with van der Waals surface area (Å²) in [4.78, 5) is 26.3. The van der Waals surface area contributed by atoms with Crippen LogP contribution in [0.2, 0.25) is 10.0 Å². The number of carbonyl (C=O) groups is 2. The largest absolute Gasteiger partial charge is 0.449 e. The van der Waals surface area contributed by atoms with Gasteiger partial charge < -0.3 is 20.9 Å². The SMILES string of the molecule is CC(OC(=O)/C=C\C(=O)OC(C)(c1cccc(Cl)c1)C(N)c1ccccc1)(c1cccc(Cl)c1)C(N)c1ccccc1. The van der Waals surface area contributed by atoms with Crippen molar-refractivity contribution in [2.75, 3.05) is 0 Å². The molecule has 0 aliphatic rings. The zero-order valence-electron chi connectivity index (χ0n) is 23.2. The molecule has 0 aliphatic heterocycles. The quantitative estimate of drug-likeness (QED) is 0.147. The highest BCUT2D eigenvalue weighted by Crippen LogP contribution is 2.39. The van der Waals surface area contributed by atoms with E-state index in [-0.39, 0.29) is 0 Å². The van der Waals surface area contributed by atoms with Gasteiger partial charge in [-0.2, -0.15) is 0 Å². The normalized spacial score (nSPS) is 15.7. The van der Waals surface area contributed by atoms with Crippen molar-refractivity contribution in [3.8, 4) is 0 Å². The molecule has 0 saturated heterocycles. The molecule has 4 N–H and O–H groups in total. The predicted molar refractivity (Wildman–Crippen MR) is 166 cm³/mol. The number of hydrogen-bond acceptors (Lipinski definition) is 6. The molecule has 4 aromatic carbocycles. The third kappa shape index (κ3) is 7.09. The lowest BCUT2D eigenvalue weighted by atomic mass is 9.84. The fraction of sp³-hybridized carbons (Fsp3) is 0.176. The zero-order chi connectivity index (χ0) is 30.3. The van der Waals surface area contributed by atoms with E-state index in [0.29, 0.717) is 21.2 Å². The van der Waals surface area contributed by atoms with Crippen molar-refractivity contribution < 1.29 is 19.1 Å². The van der Waals surface area contributed by atoms with Crippen LogP contribution in [0.25, 0.3) is 0 Å². The maximum absolute atomic E-state index is 13.1. The summed E-state index contributed by atoms with van der Waals surface area (Å²) in [5, 5.41) is 0.924. The highest BCUT2D eigenvalue weighted by Gasteiger charge is 2.40. The molecule has 0 fully saturated rings. The Hall–Kier alpha value is -3.94. The topological polar surface area (TPSA) is 105 Å². The first-order valence-corrected chi connectivity index (χ1v) is 14.1. The molecule has 0 bridgehead atoms. The van der Waals surface area contributed by atoms with Gasteiger partial charge >= 0.3 is 11.9 Å². The number of rotatable bonds is 10. The van der Waals surface area contributed by atoms with E-state index in [9.17, 15) is 9.59 Å². The fourth-order valence-corrected chi connectivity index (χ4v) is 5.16. The molecular weight excluding hydrogens is 571 g/mol. The molecule has 0 spiro atoms. The van der Waals surface area contributed by atoms with Crippen molar-refractivity contribution >= 4 is 35.1 Å². The molecule has 4 rings (SSSR count). The van der Waals surface area contributed by atoms with Crippen molar-refractivity contribution in [3.63, 3.8) is 0 Å². The Morgan fingerprint density at radius 3 is 1.31 bits per heavy atom. The lowest BCUT2D eigenvalue weighted by molar-refractivity contribution is -0.158. The number of ether oxygens (including phenoxy) is 2. The summed E-state index contributed by atoms with van der Waals surface area (Å²) in [7, 11) is 0. The summed E-state index contributed by atoms with van der Waals surface area (Å²) >= 11 is 12.5. The Kier molecular flexibility index (Phi) is 9.86. The standard InChI is InChI=1S/C34H32Cl2N2O4/c1-33(25-15-9-17-27(35)21-25,31(37)23-11-5-3-6-12-23)41-29(39)19-20-30(40)42-34(2,26-16-10-18-28(36)22-26)32(38)24-13-7-4-8-14-24/h3-22,31-32H,37-38H2,1-2H3/b20-19-. The summed E-state index contributed by atoms with van der Waals surface area (Å²) in [6.45, 7) is 3.41. The van der Waals surface area contributed by atoms with Gasteiger partial charge in [-0.3, -0.25) is 0 Å². The minimum Gasteiger partial charge on any atom is -0.449 e. The minimum absolute atomic E-state index is 0.462. The second kappa shape index (κ2) is 13.4. The van der Waals surface area contributed by atoms with Crippen LogP contribution in [0.5, 0.6) is 0 Å². The lowest BCUT2D eigenvalue weighted by Crippen LogP contribution is -2.40. The second-order valence-electron chi connectivity index (χ2n) is 10.2. The van der Waals surface area contributed by atoms with Crippen LogP contribution >= 0.6 is 23.2 Å². The Morgan fingerprint density at radius 2 is 0.976 bits per heavy atom. The molecule has 216 valence electrons. The highest BCUT2D eigenvalue weighted by molar-refractivity contribution is 6.30. The van der Waals surface area contributed by atoms with Crippen molar-refractivity contribution in [1.82, 2.24) is 0 Å². The lowest BCUT2D eigenvalue weighted by Gasteiger charge is -2.36. The molecule has 0 aliphatic carbocycles. The molecule has 8 heteroatoms. The first-order valence-electron chi connectivity index (χ1n) is 13.3. The predicted octanol–water partition coefficient (Wildman–Crippen LogP) is 7.17. The van der Waals surface area contributed by atoms with Crippen LogP contribution in [0.1, 0.15) is 48.2 Å². The summed E-state index contributed by atoms with van der Waals surface area (Å²) in [6.07, 6.45) is 2.02. The van der Waals surface area contributed by atoms with Gasteiger partial charge in [-0.05, 0) is 60.4 Å². The summed E-state index contributed by atoms with van der Waals surface area (Å²) < 4.78 is 11.9. The molecular formula is C34H32Cl2N2O4. The van der Waals surface area contributed by atoms with E-state index in [4.69, 9.17) is 44.1 Å². The molecule has 0 amide bonds. The maximum atomic E-state index is 13.1. The Labute approximate surface area is 255 Å². The third-order valence-electron chi connectivity index (χ3n) is 7.28. The van der Waals surface area contributed by atoms with Crippen LogP contribution in [0.15, 0.2) is 121 Å². The smallest absolute Gasteiger partial charge is 0.331 e. The number of halogens is 2. The minimum atomic E-state index is -1.32. The number of nitrogens with two attached hydrogens (primary N) is 2. The average Bonchev–Trinajstić information content (AvgIpc) is 3.00. The van der Waals surface area contributed by atoms with Crippen LogP contribution < -0.4 is 11.5 Å². The molecule has 6 nitrogen and oxygen atoms in total. The van der Waals surface area contributed by atoms with Crippen molar-refractivity contribution in [2.45, 2.75) is 37.1 Å². The number of carbonyl (C=O) groups excluding carboxylic acids is 2. The van der Waals surface area contributed by atoms with Crippen molar-refractivity contribution in [1.29, 1.82) is 0 Å². The average molecular weight is 604 g/mol. The molecule has 42 heavy (non-hydrogen) atoms. The van der Waals surface area contributed by atoms with E-state index in [1.807, 2.05) is 60.7 Å². The van der Waals surface area contributed by atoms with Gasteiger partial charge in [0.05, 0.1) is 12.1 Å². The molecule has 0 aromatic heterocycles. The number of hydrogen-bond donors (Lipinski definition) is 2. The second-order valence-corrected chi connectivity index (χ2v) is 11.1. The first kappa shape index (κ1) is 31.0. The van der Waals surface area contributed by atoms with Crippen LogP contribution in [-0.2, 0) is 30.3 Å². The van der Waals surface area contributed by atoms with Gasteiger partial charge in [0.1, 0.15) is 0 Å². The van der Waals surface area contributed by atoms with E-state index in [0.717, 1.165) is 23.3 Å². The molecule has 0 saturated carbocycles. The maximum Gasteiger partial charge on any atom is 0.331 e. The van der Waals surface area contributed by atoms with Gasteiger partial charge in [-0.25, -0.2) is 9.59 Å².